The van der Waals surface area contributed by atoms with Crippen LogP contribution < -0.4 is 10.1 Å². The first-order chi connectivity index (χ1) is 10.9. The van der Waals surface area contributed by atoms with Gasteiger partial charge in [-0.3, -0.25) is 4.79 Å². The highest BCUT2D eigenvalue weighted by Crippen LogP contribution is 2.23. The number of anilines is 1. The summed E-state index contributed by atoms with van der Waals surface area (Å²) in [6, 6.07) is 7.49. The Kier molecular flexibility index (Phi) is 8.10. The van der Waals surface area contributed by atoms with Crippen LogP contribution in [0.3, 0.4) is 0 Å². The molecule has 1 aromatic rings. The zero-order valence-corrected chi connectivity index (χ0v) is 15.1. The van der Waals surface area contributed by atoms with E-state index in [4.69, 9.17) is 9.47 Å². The van der Waals surface area contributed by atoms with Crippen molar-refractivity contribution in [1.29, 1.82) is 0 Å². The maximum atomic E-state index is 12.6. The summed E-state index contributed by atoms with van der Waals surface area (Å²) >= 11 is 0. The Balaban J connectivity index is 2.70. The van der Waals surface area contributed by atoms with Crippen LogP contribution in [0.1, 0.15) is 60.3 Å². The first-order valence-electron chi connectivity index (χ1n) is 8.67. The summed E-state index contributed by atoms with van der Waals surface area (Å²) < 4.78 is 11.5. The normalized spacial score (nSPS) is 14.8. The molecule has 0 saturated carbocycles. The van der Waals surface area contributed by atoms with Crippen LogP contribution in [0.15, 0.2) is 24.3 Å². The third-order valence-corrected chi connectivity index (χ3v) is 3.97. The van der Waals surface area contributed by atoms with Gasteiger partial charge in [-0.2, -0.15) is 0 Å². The van der Waals surface area contributed by atoms with Crippen molar-refractivity contribution in [3.05, 3.63) is 24.3 Å². The topological polar surface area (TPSA) is 47.6 Å². The summed E-state index contributed by atoms with van der Waals surface area (Å²) in [5, 5.41) is 2.95. The van der Waals surface area contributed by atoms with Crippen LogP contribution in [-0.4, -0.2) is 24.2 Å². The quantitative estimate of drug-likeness (QED) is 0.674. The summed E-state index contributed by atoms with van der Waals surface area (Å²) in [5.74, 6) is 0.722. The van der Waals surface area contributed by atoms with E-state index in [0.29, 0.717) is 6.61 Å². The number of amides is 1. The first-order valence-corrected chi connectivity index (χ1v) is 8.67. The minimum atomic E-state index is -0.781. The van der Waals surface area contributed by atoms with E-state index in [1.165, 1.54) is 0 Å². The molecule has 1 amide bonds. The highest BCUT2D eigenvalue weighted by Gasteiger charge is 2.33. The Morgan fingerprint density at radius 1 is 1.22 bits per heavy atom. The lowest BCUT2D eigenvalue weighted by Crippen LogP contribution is -2.42. The van der Waals surface area contributed by atoms with Gasteiger partial charge in [-0.1, -0.05) is 26.7 Å². The van der Waals surface area contributed by atoms with Gasteiger partial charge in [0, 0.05) is 12.3 Å². The molecule has 0 aliphatic rings. The number of nitrogens with one attached hydrogen (secondary N) is 1. The van der Waals surface area contributed by atoms with E-state index >= 15 is 0 Å². The van der Waals surface area contributed by atoms with Gasteiger partial charge in [0.25, 0.3) is 5.91 Å². The number of benzene rings is 1. The van der Waals surface area contributed by atoms with Gasteiger partial charge >= 0.3 is 0 Å². The second-order valence-electron chi connectivity index (χ2n) is 6.08. The molecule has 1 N–H and O–H groups in total. The van der Waals surface area contributed by atoms with Crippen molar-refractivity contribution in [2.75, 3.05) is 11.9 Å². The number of rotatable bonds is 10. The Hall–Kier alpha value is -1.55. The summed E-state index contributed by atoms with van der Waals surface area (Å²) in [5.41, 5.74) is -0.0228. The molecular weight excluding hydrogens is 290 g/mol. The average Bonchev–Trinajstić information content (AvgIpc) is 2.54. The van der Waals surface area contributed by atoms with Crippen LogP contribution >= 0.6 is 0 Å². The smallest absolute Gasteiger partial charge is 0.256 e. The summed E-state index contributed by atoms with van der Waals surface area (Å²) in [4.78, 5) is 12.6. The Morgan fingerprint density at radius 2 is 1.87 bits per heavy atom. The fourth-order valence-electron chi connectivity index (χ4n) is 2.28. The molecule has 0 spiro atoms. The molecule has 0 unspecified atom stereocenters. The average molecular weight is 321 g/mol. The molecule has 0 radical (unpaired) electrons. The van der Waals surface area contributed by atoms with E-state index < -0.39 is 5.60 Å². The lowest BCUT2D eigenvalue weighted by Gasteiger charge is -2.28. The number of hydrogen-bond acceptors (Lipinski definition) is 3. The number of ether oxygens (including phenoxy) is 2. The van der Waals surface area contributed by atoms with Gasteiger partial charge in [0.1, 0.15) is 11.4 Å². The first kappa shape index (κ1) is 19.5. The van der Waals surface area contributed by atoms with Gasteiger partial charge in [-0.25, -0.2) is 0 Å². The molecule has 0 heterocycles. The highest BCUT2D eigenvalue weighted by atomic mass is 16.5. The molecule has 2 atom stereocenters. The molecular formula is C19H31NO3. The Bertz CT molecular complexity index is 472. The second kappa shape index (κ2) is 9.56. The molecule has 1 rings (SSSR count). The van der Waals surface area contributed by atoms with Crippen molar-refractivity contribution >= 4 is 11.6 Å². The largest absolute Gasteiger partial charge is 0.491 e. The number of unbranched alkanes of at least 4 members (excludes halogenated alkanes) is 1. The lowest BCUT2D eigenvalue weighted by molar-refractivity contribution is -0.139. The predicted octanol–water partition coefficient (Wildman–Crippen LogP) is 4.79. The van der Waals surface area contributed by atoms with Gasteiger partial charge in [0.15, 0.2) is 0 Å². The number of carbonyl (C=O) groups is 1. The van der Waals surface area contributed by atoms with Crippen LogP contribution in [0.4, 0.5) is 5.69 Å². The van der Waals surface area contributed by atoms with Gasteiger partial charge in [-0.05, 0) is 57.9 Å². The maximum absolute atomic E-state index is 12.6. The highest BCUT2D eigenvalue weighted by molar-refractivity contribution is 5.97. The monoisotopic (exact) mass is 321 g/mol. The lowest BCUT2D eigenvalue weighted by atomic mass is 9.97. The molecule has 130 valence electrons. The SMILES string of the molecule is CCCC[C@](C)(OCC)C(=O)Nc1ccc(O[C@H](C)CC)cc1. The van der Waals surface area contributed by atoms with Crippen molar-refractivity contribution in [1.82, 2.24) is 0 Å². The van der Waals surface area contributed by atoms with Crippen molar-refractivity contribution in [2.45, 2.75) is 72.0 Å². The second-order valence-corrected chi connectivity index (χ2v) is 6.08. The molecule has 4 nitrogen and oxygen atoms in total. The zero-order chi connectivity index (χ0) is 17.3. The van der Waals surface area contributed by atoms with Crippen LogP contribution in [0, 0.1) is 0 Å². The van der Waals surface area contributed by atoms with Gasteiger partial charge in [0.2, 0.25) is 0 Å². The Labute approximate surface area is 140 Å². The van der Waals surface area contributed by atoms with Crippen LogP contribution in [0.2, 0.25) is 0 Å². The van der Waals surface area contributed by atoms with E-state index in [1.807, 2.05) is 45.0 Å². The third-order valence-electron chi connectivity index (χ3n) is 3.97. The fourth-order valence-corrected chi connectivity index (χ4v) is 2.28. The molecule has 0 aliphatic carbocycles. The molecule has 23 heavy (non-hydrogen) atoms. The summed E-state index contributed by atoms with van der Waals surface area (Å²) in [6.07, 6.45) is 3.87. The molecule has 0 aromatic heterocycles. The molecule has 1 aromatic carbocycles. The van der Waals surface area contributed by atoms with Gasteiger partial charge in [0.05, 0.1) is 6.10 Å². The minimum Gasteiger partial charge on any atom is -0.491 e. The summed E-state index contributed by atoms with van der Waals surface area (Å²) in [6.45, 7) is 10.5. The molecule has 0 saturated heterocycles. The van der Waals surface area contributed by atoms with Gasteiger partial charge < -0.3 is 14.8 Å². The summed E-state index contributed by atoms with van der Waals surface area (Å²) in [7, 11) is 0. The molecule has 4 heteroatoms. The number of carbonyl (C=O) groups excluding carboxylic acids is 1. The maximum Gasteiger partial charge on any atom is 0.256 e. The molecule has 0 fully saturated rings. The fraction of sp³-hybridized carbons (Fsp3) is 0.632. The number of hydrogen-bond donors (Lipinski definition) is 1. The van der Waals surface area contributed by atoms with Crippen molar-refractivity contribution in [2.24, 2.45) is 0 Å². The predicted molar refractivity (Wildman–Crippen MR) is 95.0 cm³/mol. The van der Waals surface area contributed by atoms with E-state index in [1.54, 1.807) is 0 Å². The standard InChI is InChI=1S/C19H31NO3/c1-6-9-14-19(5,22-8-3)18(21)20-16-10-12-17(13-11-16)23-15(4)7-2/h10-13,15H,6-9,14H2,1-5H3,(H,20,21)/t15-,19+/m1/s1. The zero-order valence-electron chi connectivity index (χ0n) is 15.1. The van der Waals surface area contributed by atoms with E-state index in [-0.39, 0.29) is 12.0 Å². The van der Waals surface area contributed by atoms with Crippen molar-refractivity contribution in [3.8, 4) is 5.75 Å². The van der Waals surface area contributed by atoms with Crippen LogP contribution in [-0.2, 0) is 9.53 Å². The van der Waals surface area contributed by atoms with E-state index in [0.717, 1.165) is 37.1 Å². The molecule has 0 bridgehead atoms. The Morgan fingerprint density at radius 3 is 2.39 bits per heavy atom. The molecule has 0 aliphatic heterocycles. The van der Waals surface area contributed by atoms with Crippen molar-refractivity contribution < 1.29 is 14.3 Å². The third kappa shape index (κ3) is 6.22. The van der Waals surface area contributed by atoms with E-state index in [9.17, 15) is 4.79 Å². The van der Waals surface area contributed by atoms with Crippen LogP contribution in [0.25, 0.3) is 0 Å². The minimum absolute atomic E-state index is 0.0941. The van der Waals surface area contributed by atoms with Crippen molar-refractivity contribution in [3.63, 3.8) is 0 Å². The van der Waals surface area contributed by atoms with Gasteiger partial charge in [-0.15, -0.1) is 0 Å². The van der Waals surface area contributed by atoms with E-state index in [2.05, 4.69) is 19.2 Å². The van der Waals surface area contributed by atoms with Crippen LogP contribution in [0.5, 0.6) is 5.75 Å².